The van der Waals surface area contributed by atoms with E-state index in [0.717, 1.165) is 24.6 Å². The molecule has 0 aromatic carbocycles. The maximum absolute atomic E-state index is 9.25. The second-order valence-corrected chi connectivity index (χ2v) is 4.39. The summed E-state index contributed by atoms with van der Waals surface area (Å²) in [5, 5.41) is 15.7. The summed E-state index contributed by atoms with van der Waals surface area (Å²) in [6.45, 7) is 7.22. The predicted octanol–water partition coefficient (Wildman–Crippen LogP) is 1.73. The van der Waals surface area contributed by atoms with Crippen molar-refractivity contribution in [3.8, 4) is 0 Å². The highest BCUT2D eigenvalue weighted by molar-refractivity contribution is 5.46. The lowest BCUT2D eigenvalue weighted by molar-refractivity contribution is 0.249. The minimum atomic E-state index is 0.0175. The molecule has 0 bridgehead atoms. The molecule has 1 heterocycles. The van der Waals surface area contributed by atoms with Crippen LogP contribution in [0.3, 0.4) is 0 Å². The van der Waals surface area contributed by atoms with Crippen molar-refractivity contribution >= 4 is 11.6 Å². The third kappa shape index (κ3) is 4.56. The Balaban J connectivity index is 2.64. The zero-order chi connectivity index (χ0) is 12.7. The Morgan fingerprint density at radius 2 is 2.00 bits per heavy atom. The molecule has 0 aliphatic carbocycles. The van der Waals surface area contributed by atoms with Crippen LogP contribution in [0.25, 0.3) is 0 Å². The molecule has 0 aliphatic heterocycles. The maximum atomic E-state index is 9.25. The molecule has 1 aromatic heterocycles. The van der Waals surface area contributed by atoms with Crippen molar-refractivity contribution in [3.63, 3.8) is 0 Å². The molecule has 5 nitrogen and oxygen atoms in total. The Labute approximate surface area is 103 Å². The lowest BCUT2D eigenvalue weighted by Gasteiger charge is -2.20. The summed E-state index contributed by atoms with van der Waals surface area (Å²) in [5.41, 5.74) is 0. The van der Waals surface area contributed by atoms with Crippen LogP contribution in [0, 0.1) is 5.92 Å². The average molecular weight is 238 g/mol. The number of hydrogen-bond donors (Lipinski definition) is 3. The molecule has 1 unspecified atom stereocenters. The van der Waals surface area contributed by atoms with Crippen LogP contribution in [0.1, 0.15) is 27.2 Å². The number of hydrogen-bond acceptors (Lipinski definition) is 5. The summed E-state index contributed by atoms with van der Waals surface area (Å²) in [5.74, 6) is 1.90. The number of nitrogens with zero attached hydrogens (tertiary/aromatic N) is 2. The molecule has 3 N–H and O–H groups in total. The molecular weight excluding hydrogens is 216 g/mol. The van der Waals surface area contributed by atoms with E-state index in [-0.39, 0.29) is 12.6 Å². The molecule has 0 radical (unpaired) electrons. The highest BCUT2D eigenvalue weighted by Crippen LogP contribution is 2.12. The van der Waals surface area contributed by atoms with Crippen molar-refractivity contribution in [2.24, 2.45) is 5.92 Å². The lowest BCUT2D eigenvalue weighted by atomic mass is 10.1. The molecule has 0 amide bonds. The molecule has 5 heteroatoms. The van der Waals surface area contributed by atoms with E-state index in [1.165, 1.54) is 6.33 Å². The number of nitrogens with one attached hydrogen (secondary N) is 2. The Hall–Kier alpha value is -1.36. The monoisotopic (exact) mass is 238 g/mol. The van der Waals surface area contributed by atoms with E-state index < -0.39 is 0 Å². The van der Waals surface area contributed by atoms with Gasteiger partial charge in [-0.15, -0.1) is 0 Å². The zero-order valence-electron chi connectivity index (χ0n) is 10.8. The number of aromatic nitrogens is 2. The number of aliphatic hydroxyl groups is 1. The van der Waals surface area contributed by atoms with Crippen molar-refractivity contribution in [1.29, 1.82) is 0 Å². The maximum Gasteiger partial charge on any atom is 0.131 e. The van der Waals surface area contributed by atoms with Gasteiger partial charge in [0.25, 0.3) is 0 Å². The van der Waals surface area contributed by atoms with Crippen LogP contribution < -0.4 is 10.6 Å². The topological polar surface area (TPSA) is 70.1 Å². The first-order valence-electron chi connectivity index (χ1n) is 6.10. The highest BCUT2D eigenvalue weighted by atomic mass is 16.3. The van der Waals surface area contributed by atoms with Gasteiger partial charge in [-0.25, -0.2) is 9.97 Å². The molecule has 1 atom stereocenters. The van der Waals surface area contributed by atoms with Crippen LogP contribution in [-0.2, 0) is 0 Å². The van der Waals surface area contributed by atoms with E-state index in [1.54, 1.807) is 0 Å². The largest absolute Gasteiger partial charge is 0.394 e. The summed E-state index contributed by atoms with van der Waals surface area (Å²) < 4.78 is 0. The van der Waals surface area contributed by atoms with Gasteiger partial charge in [0.15, 0.2) is 0 Å². The van der Waals surface area contributed by atoms with Gasteiger partial charge in [-0.05, 0) is 12.3 Å². The molecule has 1 aromatic rings. The number of anilines is 2. The van der Waals surface area contributed by atoms with Crippen LogP contribution in [0.15, 0.2) is 12.4 Å². The van der Waals surface area contributed by atoms with Gasteiger partial charge in [0.2, 0.25) is 0 Å². The van der Waals surface area contributed by atoms with Crippen LogP contribution >= 0.6 is 0 Å². The van der Waals surface area contributed by atoms with Gasteiger partial charge in [0.1, 0.15) is 18.0 Å². The second kappa shape index (κ2) is 7.06. The summed E-state index contributed by atoms with van der Waals surface area (Å²) >= 11 is 0. The second-order valence-electron chi connectivity index (χ2n) is 4.39. The van der Waals surface area contributed by atoms with Gasteiger partial charge in [0, 0.05) is 12.6 Å². The minimum absolute atomic E-state index is 0.0175. The van der Waals surface area contributed by atoms with E-state index in [9.17, 15) is 5.11 Å². The third-order valence-corrected chi connectivity index (χ3v) is 2.56. The number of rotatable bonds is 7. The molecular formula is C12H22N4O. The molecule has 96 valence electrons. The van der Waals surface area contributed by atoms with Crippen LogP contribution in [-0.4, -0.2) is 34.3 Å². The summed E-state index contributed by atoms with van der Waals surface area (Å²) in [6.07, 6.45) is 2.58. The lowest BCUT2D eigenvalue weighted by Crippen LogP contribution is -2.29. The highest BCUT2D eigenvalue weighted by Gasteiger charge is 2.12. The van der Waals surface area contributed by atoms with Gasteiger partial charge in [0.05, 0.1) is 12.6 Å². The Morgan fingerprint density at radius 1 is 1.29 bits per heavy atom. The van der Waals surface area contributed by atoms with Crippen molar-refractivity contribution in [3.05, 3.63) is 12.4 Å². The van der Waals surface area contributed by atoms with E-state index in [0.29, 0.717) is 5.92 Å². The first-order valence-corrected chi connectivity index (χ1v) is 6.10. The smallest absolute Gasteiger partial charge is 0.131 e. The first kappa shape index (κ1) is 13.7. The van der Waals surface area contributed by atoms with Gasteiger partial charge in [-0.2, -0.15) is 0 Å². The van der Waals surface area contributed by atoms with E-state index in [4.69, 9.17) is 0 Å². The Bertz CT molecular complexity index is 330. The molecule has 0 saturated carbocycles. The van der Waals surface area contributed by atoms with Crippen molar-refractivity contribution in [2.75, 3.05) is 23.8 Å². The average Bonchev–Trinajstić information content (AvgIpc) is 2.33. The van der Waals surface area contributed by atoms with Crippen LogP contribution in [0.5, 0.6) is 0 Å². The fourth-order valence-electron chi connectivity index (χ4n) is 1.40. The van der Waals surface area contributed by atoms with Crippen LogP contribution in [0.2, 0.25) is 0 Å². The Kier molecular flexibility index (Phi) is 5.69. The molecule has 1 rings (SSSR count). The van der Waals surface area contributed by atoms with E-state index in [1.807, 2.05) is 6.07 Å². The van der Waals surface area contributed by atoms with Gasteiger partial charge in [-0.1, -0.05) is 20.8 Å². The molecule has 0 fully saturated rings. The standard InChI is InChI=1S/C12H22N4O/c1-4-5-13-11-6-12(15-8-14-11)16-10(7-17)9(2)3/h6,8-10,17H,4-5,7H2,1-3H3,(H2,13,14,15,16). The van der Waals surface area contributed by atoms with E-state index in [2.05, 4.69) is 41.4 Å². The summed E-state index contributed by atoms with van der Waals surface area (Å²) in [6, 6.07) is 1.88. The Morgan fingerprint density at radius 3 is 2.59 bits per heavy atom. The molecule has 0 aliphatic rings. The van der Waals surface area contributed by atoms with Gasteiger partial charge in [-0.3, -0.25) is 0 Å². The first-order chi connectivity index (χ1) is 8.17. The van der Waals surface area contributed by atoms with E-state index >= 15 is 0 Å². The van der Waals surface area contributed by atoms with Crippen molar-refractivity contribution < 1.29 is 5.11 Å². The third-order valence-electron chi connectivity index (χ3n) is 2.56. The normalized spacial score (nSPS) is 12.5. The minimum Gasteiger partial charge on any atom is -0.394 e. The van der Waals surface area contributed by atoms with Gasteiger partial charge < -0.3 is 15.7 Å². The predicted molar refractivity (Wildman–Crippen MR) is 70.1 cm³/mol. The van der Waals surface area contributed by atoms with Crippen LogP contribution in [0.4, 0.5) is 11.6 Å². The summed E-state index contributed by atoms with van der Waals surface area (Å²) in [7, 11) is 0. The fourth-order valence-corrected chi connectivity index (χ4v) is 1.40. The number of aliphatic hydroxyl groups excluding tert-OH is 1. The fraction of sp³-hybridized carbons (Fsp3) is 0.667. The molecule has 17 heavy (non-hydrogen) atoms. The molecule has 0 spiro atoms. The van der Waals surface area contributed by atoms with Crippen molar-refractivity contribution in [1.82, 2.24) is 9.97 Å². The SMILES string of the molecule is CCCNc1cc(NC(CO)C(C)C)ncn1. The zero-order valence-corrected chi connectivity index (χ0v) is 10.8. The quantitative estimate of drug-likeness (QED) is 0.675. The van der Waals surface area contributed by atoms with Gasteiger partial charge >= 0.3 is 0 Å². The molecule has 0 saturated heterocycles. The van der Waals surface area contributed by atoms with Crippen molar-refractivity contribution in [2.45, 2.75) is 33.2 Å². The summed E-state index contributed by atoms with van der Waals surface area (Å²) in [4.78, 5) is 8.27.